The zero-order valence-electron chi connectivity index (χ0n) is 12.4. The van der Waals surface area contributed by atoms with Crippen LogP contribution in [0.3, 0.4) is 0 Å². The van der Waals surface area contributed by atoms with Gasteiger partial charge in [0.1, 0.15) is 0 Å². The van der Waals surface area contributed by atoms with E-state index < -0.39 is 10.0 Å². The summed E-state index contributed by atoms with van der Waals surface area (Å²) in [7, 11) is -3.51. The number of hydrogen-bond donors (Lipinski definition) is 2. The van der Waals surface area contributed by atoms with Gasteiger partial charge in [0.25, 0.3) is 0 Å². The Morgan fingerprint density at radius 3 is 2.50 bits per heavy atom. The fourth-order valence-corrected chi connectivity index (χ4v) is 4.05. The van der Waals surface area contributed by atoms with Gasteiger partial charge in [-0.2, -0.15) is 0 Å². The van der Waals surface area contributed by atoms with Gasteiger partial charge in [0, 0.05) is 12.6 Å². The molecule has 0 radical (unpaired) electrons. The van der Waals surface area contributed by atoms with E-state index in [4.69, 9.17) is 5.73 Å². The molecule has 1 aromatic carbocycles. The molecule has 4 nitrogen and oxygen atoms in total. The number of nitrogens with one attached hydrogen (secondary N) is 1. The lowest BCUT2D eigenvalue weighted by atomic mass is 9.88. The van der Waals surface area contributed by atoms with Crippen molar-refractivity contribution in [3.8, 4) is 0 Å². The Hall–Kier alpha value is -0.910. The molecule has 1 aliphatic carbocycles. The predicted molar refractivity (Wildman–Crippen MR) is 81.1 cm³/mol. The molecular weight excluding hydrogens is 272 g/mol. The van der Waals surface area contributed by atoms with Crippen LogP contribution < -0.4 is 10.5 Å². The van der Waals surface area contributed by atoms with E-state index >= 15 is 0 Å². The summed E-state index contributed by atoms with van der Waals surface area (Å²) < 4.78 is 27.7. The summed E-state index contributed by atoms with van der Waals surface area (Å²) in [5.74, 6) is 0. The topological polar surface area (TPSA) is 72.2 Å². The standard InChI is InChI=1S/C15H24N2O2S/c1-15(2,3)14(10-16)17-20(18,19)13-8-7-11-5-4-6-12(11)9-13/h7-9,14,17H,4-6,10,16H2,1-3H3. The fourth-order valence-electron chi connectivity index (χ4n) is 2.55. The van der Waals surface area contributed by atoms with Gasteiger partial charge in [0.2, 0.25) is 10.0 Å². The van der Waals surface area contributed by atoms with E-state index in [1.165, 1.54) is 5.56 Å². The lowest BCUT2D eigenvalue weighted by molar-refractivity contribution is 0.304. The Morgan fingerprint density at radius 1 is 1.25 bits per heavy atom. The summed E-state index contributed by atoms with van der Waals surface area (Å²) >= 11 is 0. The summed E-state index contributed by atoms with van der Waals surface area (Å²) in [6.45, 7) is 6.23. The van der Waals surface area contributed by atoms with Gasteiger partial charge >= 0.3 is 0 Å². The number of benzene rings is 1. The monoisotopic (exact) mass is 296 g/mol. The minimum absolute atomic E-state index is 0.210. The van der Waals surface area contributed by atoms with Crippen molar-refractivity contribution in [3.63, 3.8) is 0 Å². The van der Waals surface area contributed by atoms with E-state index in [0.29, 0.717) is 4.90 Å². The molecule has 1 aliphatic rings. The molecule has 20 heavy (non-hydrogen) atoms. The Morgan fingerprint density at radius 2 is 1.90 bits per heavy atom. The van der Waals surface area contributed by atoms with E-state index in [0.717, 1.165) is 24.8 Å². The van der Waals surface area contributed by atoms with Gasteiger partial charge in [0.05, 0.1) is 4.90 Å². The highest BCUT2D eigenvalue weighted by molar-refractivity contribution is 7.89. The number of sulfonamides is 1. The van der Waals surface area contributed by atoms with E-state index in [1.54, 1.807) is 12.1 Å². The SMILES string of the molecule is CC(C)(C)C(CN)NS(=O)(=O)c1ccc2c(c1)CCC2. The van der Waals surface area contributed by atoms with Crippen molar-refractivity contribution in [2.24, 2.45) is 11.1 Å². The van der Waals surface area contributed by atoms with E-state index in [1.807, 2.05) is 26.8 Å². The molecule has 1 atom stereocenters. The Labute approximate surface area is 121 Å². The first-order valence-corrected chi connectivity index (χ1v) is 8.56. The van der Waals surface area contributed by atoms with Crippen molar-refractivity contribution < 1.29 is 8.42 Å². The van der Waals surface area contributed by atoms with Crippen LogP contribution in [-0.2, 0) is 22.9 Å². The minimum Gasteiger partial charge on any atom is -0.329 e. The molecular formula is C15H24N2O2S. The molecule has 5 heteroatoms. The minimum atomic E-state index is -3.51. The van der Waals surface area contributed by atoms with Crippen molar-refractivity contribution in [2.75, 3.05) is 6.54 Å². The van der Waals surface area contributed by atoms with E-state index in [-0.39, 0.29) is 18.0 Å². The van der Waals surface area contributed by atoms with Crippen molar-refractivity contribution in [3.05, 3.63) is 29.3 Å². The molecule has 0 saturated heterocycles. The van der Waals surface area contributed by atoms with Gasteiger partial charge in [-0.1, -0.05) is 26.8 Å². The quantitative estimate of drug-likeness (QED) is 0.890. The van der Waals surface area contributed by atoms with E-state index in [2.05, 4.69) is 4.72 Å². The van der Waals surface area contributed by atoms with Crippen molar-refractivity contribution in [1.29, 1.82) is 0 Å². The summed E-state index contributed by atoms with van der Waals surface area (Å²) in [4.78, 5) is 0.348. The van der Waals surface area contributed by atoms with Gasteiger partial charge in [-0.3, -0.25) is 0 Å². The third-order valence-electron chi connectivity index (χ3n) is 3.96. The zero-order valence-corrected chi connectivity index (χ0v) is 13.3. The molecule has 1 aromatic rings. The number of fused-ring (bicyclic) bond motifs is 1. The molecule has 0 saturated carbocycles. The summed E-state index contributed by atoms with van der Waals surface area (Å²) in [5.41, 5.74) is 7.93. The second kappa shape index (κ2) is 5.47. The van der Waals surface area contributed by atoms with Crippen molar-refractivity contribution >= 4 is 10.0 Å². The number of aryl methyl sites for hydroxylation is 2. The molecule has 0 fully saturated rings. The Balaban J connectivity index is 2.26. The van der Waals surface area contributed by atoms with Crippen LogP contribution in [0.1, 0.15) is 38.3 Å². The van der Waals surface area contributed by atoms with Crippen LogP contribution in [0.15, 0.2) is 23.1 Å². The third kappa shape index (κ3) is 3.22. The Kier molecular flexibility index (Phi) is 4.23. The molecule has 2 rings (SSSR count). The Bertz CT molecular complexity index is 588. The predicted octanol–water partition coefficient (Wildman–Crippen LogP) is 1.83. The van der Waals surface area contributed by atoms with Gasteiger partial charge in [-0.25, -0.2) is 13.1 Å². The molecule has 0 aliphatic heterocycles. The first-order valence-electron chi connectivity index (χ1n) is 7.08. The highest BCUT2D eigenvalue weighted by Gasteiger charge is 2.29. The second-order valence-corrected chi connectivity index (χ2v) is 8.27. The van der Waals surface area contributed by atoms with Gasteiger partial charge in [-0.05, 0) is 47.9 Å². The molecule has 3 N–H and O–H groups in total. The normalized spacial score (nSPS) is 17.0. The van der Waals surface area contributed by atoms with Crippen LogP contribution in [0.2, 0.25) is 0 Å². The molecule has 0 heterocycles. The van der Waals surface area contributed by atoms with Gasteiger partial charge in [0.15, 0.2) is 0 Å². The highest BCUT2D eigenvalue weighted by Crippen LogP contribution is 2.26. The summed E-state index contributed by atoms with van der Waals surface area (Å²) in [5, 5.41) is 0. The number of hydrogen-bond acceptors (Lipinski definition) is 3. The van der Waals surface area contributed by atoms with Crippen LogP contribution in [0.5, 0.6) is 0 Å². The highest BCUT2D eigenvalue weighted by atomic mass is 32.2. The van der Waals surface area contributed by atoms with Crippen LogP contribution >= 0.6 is 0 Å². The maximum Gasteiger partial charge on any atom is 0.240 e. The maximum absolute atomic E-state index is 12.5. The van der Waals surface area contributed by atoms with Crippen LogP contribution in [-0.4, -0.2) is 21.0 Å². The second-order valence-electron chi connectivity index (χ2n) is 6.56. The van der Waals surface area contributed by atoms with E-state index in [9.17, 15) is 8.42 Å². The number of rotatable bonds is 4. The molecule has 0 aromatic heterocycles. The average molecular weight is 296 g/mol. The third-order valence-corrected chi connectivity index (χ3v) is 5.43. The maximum atomic E-state index is 12.5. The first-order chi connectivity index (χ1) is 9.24. The molecule has 0 amide bonds. The lowest BCUT2D eigenvalue weighted by Gasteiger charge is -2.30. The van der Waals surface area contributed by atoms with Crippen molar-refractivity contribution in [2.45, 2.75) is 51.0 Å². The van der Waals surface area contributed by atoms with Crippen molar-refractivity contribution in [1.82, 2.24) is 4.72 Å². The molecule has 0 spiro atoms. The molecule has 1 unspecified atom stereocenters. The smallest absolute Gasteiger partial charge is 0.240 e. The van der Waals surface area contributed by atoms with Crippen LogP contribution in [0.4, 0.5) is 0 Å². The molecule has 0 bridgehead atoms. The van der Waals surface area contributed by atoms with Crippen LogP contribution in [0, 0.1) is 5.41 Å². The largest absolute Gasteiger partial charge is 0.329 e. The average Bonchev–Trinajstić information content (AvgIpc) is 2.81. The summed E-state index contributed by atoms with van der Waals surface area (Å²) in [6.07, 6.45) is 3.13. The zero-order chi connectivity index (χ0) is 15.0. The van der Waals surface area contributed by atoms with Gasteiger partial charge in [-0.15, -0.1) is 0 Å². The lowest BCUT2D eigenvalue weighted by Crippen LogP contribution is -2.48. The summed E-state index contributed by atoms with van der Waals surface area (Å²) in [6, 6.07) is 5.16. The fraction of sp³-hybridized carbons (Fsp3) is 0.600. The van der Waals surface area contributed by atoms with Gasteiger partial charge < -0.3 is 5.73 Å². The van der Waals surface area contributed by atoms with Crippen LogP contribution in [0.25, 0.3) is 0 Å². The molecule has 112 valence electrons. The number of nitrogens with two attached hydrogens (primary N) is 1. The first kappa shape index (κ1) is 15.5.